The highest BCUT2D eigenvalue weighted by Gasteiger charge is 2.23. The summed E-state index contributed by atoms with van der Waals surface area (Å²) in [5.41, 5.74) is 2.76. The second-order valence-corrected chi connectivity index (χ2v) is 5.79. The molecule has 0 saturated carbocycles. The van der Waals surface area contributed by atoms with E-state index in [2.05, 4.69) is 15.9 Å². The molecule has 0 aliphatic rings. The zero-order valence-corrected chi connectivity index (χ0v) is 13.6. The predicted molar refractivity (Wildman–Crippen MR) is 86.0 cm³/mol. The average molecular weight is 349 g/mol. The molecule has 0 fully saturated rings. The van der Waals surface area contributed by atoms with Crippen LogP contribution in [0.3, 0.4) is 0 Å². The number of benzene rings is 2. The van der Waals surface area contributed by atoms with Crippen molar-refractivity contribution < 1.29 is 14.6 Å². The Labute approximate surface area is 132 Å². The van der Waals surface area contributed by atoms with E-state index in [1.807, 2.05) is 49.4 Å². The molecule has 2 rings (SSSR count). The van der Waals surface area contributed by atoms with Crippen LogP contribution in [0, 0.1) is 6.92 Å². The number of hydrogen-bond donors (Lipinski definition) is 1. The Morgan fingerprint density at radius 1 is 1.29 bits per heavy atom. The summed E-state index contributed by atoms with van der Waals surface area (Å²) in [7, 11) is 1.60. The van der Waals surface area contributed by atoms with E-state index in [9.17, 15) is 9.90 Å². The molecule has 1 unspecified atom stereocenters. The van der Waals surface area contributed by atoms with Crippen LogP contribution in [0.2, 0.25) is 0 Å². The van der Waals surface area contributed by atoms with Crippen molar-refractivity contribution in [2.45, 2.75) is 19.3 Å². The van der Waals surface area contributed by atoms with Gasteiger partial charge in [-0.3, -0.25) is 4.79 Å². The first-order valence-corrected chi connectivity index (χ1v) is 7.43. The third-order valence-corrected chi connectivity index (χ3v) is 4.16. The molecule has 0 heterocycles. The Balaban J connectivity index is 2.40. The van der Waals surface area contributed by atoms with Gasteiger partial charge < -0.3 is 9.84 Å². The van der Waals surface area contributed by atoms with Crippen molar-refractivity contribution >= 4 is 21.9 Å². The normalized spacial score (nSPS) is 12.0. The van der Waals surface area contributed by atoms with Gasteiger partial charge in [-0.1, -0.05) is 51.8 Å². The summed E-state index contributed by atoms with van der Waals surface area (Å²) in [4.78, 5) is 11.7. The molecule has 1 N–H and O–H groups in total. The minimum atomic E-state index is -0.842. The Morgan fingerprint density at radius 2 is 2.00 bits per heavy atom. The molecular weight excluding hydrogens is 332 g/mol. The standard InChI is InChI=1S/C17H17BrO3/c1-11-7-8-16(21-2)12(9-11)10-14(17(19)20)13-5-3-4-6-15(13)18/h3-9,14H,10H2,1-2H3,(H,19,20). The average Bonchev–Trinajstić information content (AvgIpc) is 2.45. The van der Waals surface area contributed by atoms with Gasteiger partial charge in [0.1, 0.15) is 5.75 Å². The molecule has 1 atom stereocenters. The van der Waals surface area contributed by atoms with E-state index >= 15 is 0 Å². The topological polar surface area (TPSA) is 46.5 Å². The van der Waals surface area contributed by atoms with Gasteiger partial charge in [0.05, 0.1) is 13.0 Å². The molecule has 2 aromatic carbocycles. The third-order valence-electron chi connectivity index (χ3n) is 3.44. The monoisotopic (exact) mass is 348 g/mol. The fraction of sp³-hybridized carbons (Fsp3) is 0.235. The summed E-state index contributed by atoms with van der Waals surface area (Å²) >= 11 is 3.43. The largest absolute Gasteiger partial charge is 0.496 e. The van der Waals surface area contributed by atoms with E-state index in [1.54, 1.807) is 7.11 Å². The van der Waals surface area contributed by atoms with E-state index in [-0.39, 0.29) is 0 Å². The maximum Gasteiger partial charge on any atom is 0.311 e. The van der Waals surface area contributed by atoms with Gasteiger partial charge in [-0.25, -0.2) is 0 Å². The maximum atomic E-state index is 11.7. The van der Waals surface area contributed by atoms with Gasteiger partial charge >= 0.3 is 5.97 Å². The molecular formula is C17H17BrO3. The fourth-order valence-corrected chi connectivity index (χ4v) is 2.94. The molecule has 110 valence electrons. The number of hydrogen-bond acceptors (Lipinski definition) is 2. The highest BCUT2D eigenvalue weighted by molar-refractivity contribution is 9.10. The van der Waals surface area contributed by atoms with Crippen molar-refractivity contribution in [2.24, 2.45) is 0 Å². The molecule has 0 aromatic heterocycles. The molecule has 0 amide bonds. The predicted octanol–water partition coefficient (Wildman–Crippen LogP) is 4.18. The van der Waals surface area contributed by atoms with Gasteiger partial charge in [0.15, 0.2) is 0 Å². The summed E-state index contributed by atoms with van der Waals surface area (Å²) in [6.45, 7) is 1.98. The molecule has 0 saturated heterocycles. The number of aliphatic carboxylic acids is 1. The van der Waals surface area contributed by atoms with E-state index < -0.39 is 11.9 Å². The van der Waals surface area contributed by atoms with Crippen molar-refractivity contribution in [3.8, 4) is 5.75 Å². The molecule has 2 aromatic rings. The second kappa shape index (κ2) is 6.76. The lowest BCUT2D eigenvalue weighted by molar-refractivity contribution is -0.138. The lowest BCUT2D eigenvalue weighted by atomic mass is 9.91. The summed E-state index contributed by atoms with van der Waals surface area (Å²) in [5, 5.41) is 9.58. The van der Waals surface area contributed by atoms with Gasteiger partial charge in [-0.2, -0.15) is 0 Å². The van der Waals surface area contributed by atoms with E-state index in [0.29, 0.717) is 6.42 Å². The minimum absolute atomic E-state index is 0.392. The van der Waals surface area contributed by atoms with Crippen molar-refractivity contribution in [2.75, 3.05) is 7.11 Å². The lowest BCUT2D eigenvalue weighted by Gasteiger charge is -2.17. The van der Waals surface area contributed by atoms with Crippen LogP contribution < -0.4 is 4.74 Å². The zero-order valence-electron chi connectivity index (χ0n) is 12.0. The third kappa shape index (κ3) is 3.64. The number of ether oxygens (including phenoxy) is 1. The Hall–Kier alpha value is -1.81. The number of methoxy groups -OCH3 is 1. The van der Waals surface area contributed by atoms with Gasteiger partial charge in [0.2, 0.25) is 0 Å². The van der Waals surface area contributed by atoms with Gasteiger partial charge in [0, 0.05) is 4.47 Å². The van der Waals surface area contributed by atoms with E-state index in [0.717, 1.165) is 26.9 Å². The van der Waals surface area contributed by atoms with Crippen LogP contribution in [0.25, 0.3) is 0 Å². The van der Waals surface area contributed by atoms with Crippen molar-refractivity contribution in [1.29, 1.82) is 0 Å². The van der Waals surface area contributed by atoms with Crippen LogP contribution in [0.1, 0.15) is 22.6 Å². The first-order valence-electron chi connectivity index (χ1n) is 6.63. The van der Waals surface area contributed by atoms with E-state index in [4.69, 9.17) is 4.74 Å². The molecule has 0 aliphatic carbocycles. The fourth-order valence-electron chi connectivity index (χ4n) is 2.37. The van der Waals surface area contributed by atoms with Crippen LogP contribution in [-0.2, 0) is 11.2 Å². The molecule has 0 bridgehead atoms. The SMILES string of the molecule is COc1ccc(C)cc1CC(C(=O)O)c1ccccc1Br. The summed E-state index contributed by atoms with van der Waals surface area (Å²) in [5.74, 6) is -0.736. The number of aryl methyl sites for hydroxylation is 1. The summed E-state index contributed by atoms with van der Waals surface area (Å²) in [6.07, 6.45) is 0.392. The Bertz CT molecular complexity index is 652. The zero-order chi connectivity index (χ0) is 15.4. The van der Waals surface area contributed by atoms with Crippen molar-refractivity contribution in [3.63, 3.8) is 0 Å². The van der Waals surface area contributed by atoms with Crippen LogP contribution >= 0.6 is 15.9 Å². The molecule has 0 aliphatic heterocycles. The summed E-state index contributed by atoms with van der Waals surface area (Å²) in [6, 6.07) is 13.2. The van der Waals surface area contributed by atoms with Crippen LogP contribution in [0.4, 0.5) is 0 Å². The number of carboxylic acids is 1. The quantitative estimate of drug-likeness (QED) is 0.881. The molecule has 0 spiro atoms. The van der Waals surface area contributed by atoms with Crippen LogP contribution in [-0.4, -0.2) is 18.2 Å². The van der Waals surface area contributed by atoms with Crippen LogP contribution in [0.5, 0.6) is 5.75 Å². The molecule has 4 heteroatoms. The number of halogens is 1. The van der Waals surface area contributed by atoms with E-state index in [1.165, 1.54) is 0 Å². The molecule has 0 radical (unpaired) electrons. The maximum absolute atomic E-state index is 11.7. The van der Waals surface area contributed by atoms with Crippen molar-refractivity contribution in [1.82, 2.24) is 0 Å². The Morgan fingerprint density at radius 3 is 2.62 bits per heavy atom. The van der Waals surface area contributed by atoms with Gasteiger partial charge in [-0.15, -0.1) is 0 Å². The van der Waals surface area contributed by atoms with Crippen LogP contribution in [0.15, 0.2) is 46.9 Å². The van der Waals surface area contributed by atoms with Crippen molar-refractivity contribution in [3.05, 3.63) is 63.6 Å². The smallest absolute Gasteiger partial charge is 0.311 e. The second-order valence-electron chi connectivity index (χ2n) is 4.93. The first-order chi connectivity index (χ1) is 10.0. The molecule has 3 nitrogen and oxygen atoms in total. The summed E-state index contributed by atoms with van der Waals surface area (Å²) < 4.78 is 6.15. The minimum Gasteiger partial charge on any atom is -0.496 e. The van der Waals surface area contributed by atoms with Gasteiger partial charge in [-0.05, 0) is 36.6 Å². The number of carboxylic acid groups (broad SMARTS) is 1. The highest BCUT2D eigenvalue weighted by atomic mass is 79.9. The first kappa shape index (κ1) is 15.6. The number of rotatable bonds is 5. The highest BCUT2D eigenvalue weighted by Crippen LogP contribution is 2.31. The lowest BCUT2D eigenvalue weighted by Crippen LogP contribution is -2.15. The molecule has 21 heavy (non-hydrogen) atoms. The van der Waals surface area contributed by atoms with Gasteiger partial charge in [0.25, 0.3) is 0 Å². The Kier molecular flexibility index (Phi) is 5.02. The number of carbonyl (C=O) groups is 1.